The minimum atomic E-state index is 0.0450. The molecule has 1 aromatic carbocycles. The average molecular weight is 298 g/mol. The molecular formula is C16H18N4O2. The number of carbonyl (C=O) groups is 1. The summed E-state index contributed by atoms with van der Waals surface area (Å²) in [6.45, 7) is 1.97. The van der Waals surface area contributed by atoms with E-state index < -0.39 is 0 Å². The third-order valence-electron chi connectivity index (χ3n) is 3.58. The molecule has 2 unspecified atom stereocenters. The number of amides is 1. The second-order valence-corrected chi connectivity index (χ2v) is 5.28. The smallest absolute Gasteiger partial charge is 0.226 e. The molecular weight excluding hydrogens is 280 g/mol. The molecule has 114 valence electrons. The van der Waals surface area contributed by atoms with E-state index in [2.05, 4.69) is 20.6 Å². The number of hydrogen-bond donors (Lipinski definition) is 2. The number of ether oxygens (including phenoxy) is 1. The Bertz CT molecular complexity index is 648. The lowest BCUT2D eigenvalue weighted by molar-refractivity contribution is -0.123. The van der Waals surface area contributed by atoms with Gasteiger partial charge in [-0.1, -0.05) is 18.2 Å². The molecule has 3 rings (SSSR count). The normalized spacial score (nSPS) is 21.0. The number of hydrogen-bond acceptors (Lipinski definition) is 5. The van der Waals surface area contributed by atoms with Gasteiger partial charge in [-0.25, -0.2) is 4.98 Å². The molecule has 0 saturated carbocycles. The summed E-state index contributed by atoms with van der Waals surface area (Å²) in [5.41, 5.74) is 0. The number of anilines is 1. The first-order valence-electron chi connectivity index (χ1n) is 7.32. The van der Waals surface area contributed by atoms with Crippen LogP contribution in [-0.2, 0) is 4.79 Å². The Balaban J connectivity index is 1.67. The van der Waals surface area contributed by atoms with Crippen molar-refractivity contribution >= 4 is 11.9 Å². The molecule has 0 radical (unpaired) electrons. The van der Waals surface area contributed by atoms with Crippen molar-refractivity contribution < 1.29 is 9.53 Å². The monoisotopic (exact) mass is 298 g/mol. The van der Waals surface area contributed by atoms with Gasteiger partial charge in [-0.05, 0) is 25.5 Å². The Hall–Kier alpha value is -2.63. The van der Waals surface area contributed by atoms with Crippen LogP contribution in [0.5, 0.6) is 11.6 Å². The molecule has 6 nitrogen and oxygen atoms in total. The third kappa shape index (κ3) is 3.52. The molecule has 1 saturated heterocycles. The standard InChI is InChI=1S/C16H18N4O2/c1-11-13(7-8-14(21)18-11)19-16-17-10-9-15(20-16)22-12-5-3-2-4-6-12/h2-6,9-11,13H,7-8H2,1H3,(H,18,21)(H,17,19,20). The van der Waals surface area contributed by atoms with Crippen molar-refractivity contribution in [3.8, 4) is 11.6 Å². The number of carbonyl (C=O) groups excluding carboxylic acids is 1. The zero-order valence-corrected chi connectivity index (χ0v) is 12.3. The summed E-state index contributed by atoms with van der Waals surface area (Å²) in [4.78, 5) is 19.9. The van der Waals surface area contributed by atoms with Crippen molar-refractivity contribution in [1.82, 2.24) is 15.3 Å². The molecule has 2 aromatic rings. The van der Waals surface area contributed by atoms with Crippen molar-refractivity contribution in [3.63, 3.8) is 0 Å². The quantitative estimate of drug-likeness (QED) is 0.906. The predicted octanol–water partition coefficient (Wildman–Crippen LogP) is 2.35. The molecule has 0 bridgehead atoms. The van der Waals surface area contributed by atoms with Gasteiger partial charge in [-0.2, -0.15) is 4.98 Å². The van der Waals surface area contributed by atoms with E-state index in [4.69, 9.17) is 4.74 Å². The highest BCUT2D eigenvalue weighted by Crippen LogP contribution is 2.20. The Morgan fingerprint density at radius 1 is 1.27 bits per heavy atom. The molecule has 0 spiro atoms. The molecule has 2 N–H and O–H groups in total. The van der Waals surface area contributed by atoms with Crippen LogP contribution < -0.4 is 15.4 Å². The fourth-order valence-corrected chi connectivity index (χ4v) is 2.40. The molecule has 1 aliphatic rings. The number of aromatic nitrogens is 2. The van der Waals surface area contributed by atoms with E-state index in [0.717, 1.165) is 12.2 Å². The van der Waals surface area contributed by atoms with Crippen LogP contribution in [0.15, 0.2) is 42.6 Å². The van der Waals surface area contributed by atoms with E-state index in [1.54, 1.807) is 12.3 Å². The Labute approximate surface area is 128 Å². The maximum atomic E-state index is 11.3. The fourth-order valence-electron chi connectivity index (χ4n) is 2.40. The second-order valence-electron chi connectivity index (χ2n) is 5.28. The Morgan fingerprint density at radius 2 is 2.09 bits per heavy atom. The number of rotatable bonds is 4. The molecule has 2 atom stereocenters. The van der Waals surface area contributed by atoms with Gasteiger partial charge >= 0.3 is 0 Å². The van der Waals surface area contributed by atoms with Gasteiger partial charge in [0.25, 0.3) is 0 Å². The van der Waals surface area contributed by atoms with Crippen LogP contribution in [0.1, 0.15) is 19.8 Å². The Morgan fingerprint density at radius 3 is 2.86 bits per heavy atom. The predicted molar refractivity (Wildman–Crippen MR) is 82.8 cm³/mol. The molecule has 1 aromatic heterocycles. The van der Waals surface area contributed by atoms with Gasteiger partial charge < -0.3 is 15.4 Å². The minimum absolute atomic E-state index is 0.0450. The molecule has 1 aliphatic heterocycles. The summed E-state index contributed by atoms with van der Waals surface area (Å²) in [7, 11) is 0. The number of benzene rings is 1. The van der Waals surface area contributed by atoms with Gasteiger partial charge in [0.2, 0.25) is 17.7 Å². The minimum Gasteiger partial charge on any atom is -0.439 e. The summed E-state index contributed by atoms with van der Waals surface area (Å²) >= 11 is 0. The van der Waals surface area contributed by atoms with Crippen molar-refractivity contribution in [2.24, 2.45) is 0 Å². The maximum Gasteiger partial charge on any atom is 0.226 e. The van der Waals surface area contributed by atoms with Gasteiger partial charge in [0.15, 0.2) is 0 Å². The molecule has 1 amide bonds. The largest absolute Gasteiger partial charge is 0.439 e. The first kappa shape index (κ1) is 14.3. The van der Waals surface area contributed by atoms with Gasteiger partial charge in [-0.15, -0.1) is 0 Å². The van der Waals surface area contributed by atoms with Crippen molar-refractivity contribution in [1.29, 1.82) is 0 Å². The summed E-state index contributed by atoms with van der Waals surface area (Å²) in [6.07, 6.45) is 2.93. The van der Waals surface area contributed by atoms with Crippen molar-refractivity contribution in [3.05, 3.63) is 42.6 Å². The lowest BCUT2D eigenvalue weighted by Crippen LogP contribution is -2.49. The maximum absolute atomic E-state index is 11.3. The van der Waals surface area contributed by atoms with Gasteiger partial charge in [0.05, 0.1) is 0 Å². The third-order valence-corrected chi connectivity index (χ3v) is 3.58. The zero-order chi connectivity index (χ0) is 15.4. The van der Waals surface area contributed by atoms with E-state index in [9.17, 15) is 4.79 Å². The highest BCUT2D eigenvalue weighted by molar-refractivity contribution is 5.77. The van der Waals surface area contributed by atoms with Gasteiger partial charge in [0, 0.05) is 30.8 Å². The first-order valence-corrected chi connectivity index (χ1v) is 7.32. The van der Waals surface area contributed by atoms with E-state index in [1.807, 2.05) is 37.3 Å². The van der Waals surface area contributed by atoms with Crippen molar-refractivity contribution in [2.75, 3.05) is 5.32 Å². The van der Waals surface area contributed by atoms with Crippen LogP contribution in [-0.4, -0.2) is 28.0 Å². The number of para-hydroxylation sites is 1. The van der Waals surface area contributed by atoms with Crippen LogP contribution in [0.3, 0.4) is 0 Å². The van der Waals surface area contributed by atoms with Crippen LogP contribution >= 0.6 is 0 Å². The van der Waals surface area contributed by atoms with Gasteiger partial charge in [0.1, 0.15) is 5.75 Å². The van der Waals surface area contributed by atoms with Gasteiger partial charge in [-0.3, -0.25) is 4.79 Å². The Kier molecular flexibility index (Phi) is 4.18. The number of nitrogens with one attached hydrogen (secondary N) is 2. The SMILES string of the molecule is CC1NC(=O)CCC1Nc1nccc(Oc2ccccc2)n1. The van der Waals surface area contributed by atoms with E-state index in [0.29, 0.717) is 18.2 Å². The highest BCUT2D eigenvalue weighted by Gasteiger charge is 2.25. The molecule has 0 aliphatic carbocycles. The van der Waals surface area contributed by atoms with Crippen LogP contribution in [0.4, 0.5) is 5.95 Å². The summed E-state index contributed by atoms with van der Waals surface area (Å²) < 4.78 is 5.69. The summed E-state index contributed by atoms with van der Waals surface area (Å²) in [5, 5.41) is 6.18. The van der Waals surface area contributed by atoms with Crippen LogP contribution in [0.25, 0.3) is 0 Å². The fraction of sp³-hybridized carbons (Fsp3) is 0.312. The average Bonchev–Trinajstić information content (AvgIpc) is 2.52. The lowest BCUT2D eigenvalue weighted by atomic mass is 10.00. The second kappa shape index (κ2) is 6.43. The van der Waals surface area contributed by atoms with E-state index in [1.165, 1.54) is 0 Å². The zero-order valence-electron chi connectivity index (χ0n) is 12.3. The van der Waals surface area contributed by atoms with E-state index in [-0.39, 0.29) is 18.0 Å². The summed E-state index contributed by atoms with van der Waals surface area (Å²) in [5.74, 6) is 1.80. The molecule has 6 heteroatoms. The topological polar surface area (TPSA) is 76.1 Å². The first-order chi connectivity index (χ1) is 10.7. The van der Waals surface area contributed by atoms with Crippen molar-refractivity contribution in [2.45, 2.75) is 31.8 Å². The number of nitrogens with zero attached hydrogens (tertiary/aromatic N) is 2. The molecule has 1 fully saturated rings. The molecule has 22 heavy (non-hydrogen) atoms. The van der Waals surface area contributed by atoms with Crippen LogP contribution in [0.2, 0.25) is 0 Å². The highest BCUT2D eigenvalue weighted by atomic mass is 16.5. The summed E-state index contributed by atoms with van der Waals surface area (Å²) in [6, 6.07) is 11.3. The molecule has 2 heterocycles. The van der Waals surface area contributed by atoms with Crippen LogP contribution in [0, 0.1) is 0 Å². The lowest BCUT2D eigenvalue weighted by Gasteiger charge is -2.30. The van der Waals surface area contributed by atoms with E-state index >= 15 is 0 Å². The number of piperidine rings is 1.